The summed E-state index contributed by atoms with van der Waals surface area (Å²) in [7, 11) is 1.86. The van der Waals surface area contributed by atoms with E-state index < -0.39 is 42.1 Å². The van der Waals surface area contributed by atoms with Crippen molar-refractivity contribution in [3.05, 3.63) is 71.4 Å². The Balaban J connectivity index is 1.56. The summed E-state index contributed by atoms with van der Waals surface area (Å²) < 4.78 is 48.1. The van der Waals surface area contributed by atoms with Crippen LogP contribution in [0.1, 0.15) is 25.0 Å². The Bertz CT molecular complexity index is 1030. The number of anilines is 1. The second-order valence-electron chi connectivity index (χ2n) is 7.67. The molecule has 0 aliphatic carbocycles. The zero-order valence-corrected chi connectivity index (χ0v) is 17.3. The summed E-state index contributed by atoms with van der Waals surface area (Å²) in [6.07, 6.45) is -3.07. The van der Waals surface area contributed by atoms with Crippen LogP contribution in [0.4, 0.5) is 18.9 Å². The van der Waals surface area contributed by atoms with Crippen LogP contribution in [0.25, 0.3) is 0 Å². The fraction of sp³-hybridized carbons (Fsp3) is 0.304. The molecule has 0 bridgehead atoms. The van der Waals surface area contributed by atoms with Crippen molar-refractivity contribution in [2.24, 2.45) is 0 Å². The van der Waals surface area contributed by atoms with Crippen LogP contribution in [0.2, 0.25) is 0 Å². The molecule has 31 heavy (non-hydrogen) atoms. The van der Waals surface area contributed by atoms with E-state index in [9.17, 15) is 22.8 Å². The molecule has 1 heterocycles. The summed E-state index contributed by atoms with van der Waals surface area (Å²) in [5.41, 5.74) is 1.58. The number of para-hydroxylation sites is 1. The molecule has 0 fully saturated rings. The van der Waals surface area contributed by atoms with Gasteiger partial charge in [-0.05, 0) is 29.8 Å². The molecular weight excluding hydrogens is 411 g/mol. The fourth-order valence-corrected chi connectivity index (χ4v) is 3.55. The van der Waals surface area contributed by atoms with Gasteiger partial charge in [0.2, 0.25) is 0 Å². The minimum absolute atomic E-state index is 0.118. The number of nitrogens with zero attached hydrogens (tertiary/aromatic N) is 1. The van der Waals surface area contributed by atoms with Gasteiger partial charge in [0.25, 0.3) is 0 Å². The molecule has 5 nitrogen and oxygen atoms in total. The lowest BCUT2D eigenvalue weighted by Crippen LogP contribution is -2.25. The number of likely N-dealkylation sites (N-methyl/N-ethyl adjacent to an activating group) is 1. The average Bonchev–Trinajstić information content (AvgIpc) is 2.91. The summed E-state index contributed by atoms with van der Waals surface area (Å²) in [6, 6.07) is 12.0. The number of carbonyl (C=O) groups is 2. The first-order valence-electron chi connectivity index (χ1n) is 9.54. The van der Waals surface area contributed by atoms with E-state index in [1.807, 2.05) is 50.1 Å². The van der Waals surface area contributed by atoms with E-state index >= 15 is 0 Å². The van der Waals surface area contributed by atoms with E-state index in [2.05, 4.69) is 0 Å². The largest absolute Gasteiger partial charge is 0.482 e. The van der Waals surface area contributed by atoms with Crippen molar-refractivity contribution in [3.8, 4) is 5.75 Å². The number of carbonyl (C=O) groups excluding carboxylic acids is 2. The molecule has 2 aromatic rings. The van der Waals surface area contributed by atoms with Gasteiger partial charge < -0.3 is 14.4 Å². The number of rotatable bonds is 6. The molecule has 0 aromatic heterocycles. The van der Waals surface area contributed by atoms with Crippen LogP contribution in [-0.4, -0.2) is 32.0 Å². The third kappa shape index (κ3) is 4.90. The zero-order valence-electron chi connectivity index (χ0n) is 17.3. The molecule has 8 heteroatoms. The van der Waals surface area contributed by atoms with Gasteiger partial charge in [-0.25, -0.2) is 4.79 Å². The molecule has 1 aliphatic heterocycles. The normalized spacial score (nSPS) is 16.2. The van der Waals surface area contributed by atoms with Crippen LogP contribution < -0.4 is 9.64 Å². The molecule has 2 aromatic carbocycles. The first-order valence-corrected chi connectivity index (χ1v) is 9.54. The summed E-state index contributed by atoms with van der Waals surface area (Å²) in [4.78, 5) is 26.2. The molecule has 0 radical (unpaired) electrons. The van der Waals surface area contributed by atoms with Gasteiger partial charge in [0.15, 0.2) is 19.0 Å². The summed E-state index contributed by atoms with van der Waals surface area (Å²) in [6.45, 7) is 2.91. The van der Waals surface area contributed by atoms with Gasteiger partial charge in [-0.15, -0.1) is 0 Å². The average molecular weight is 433 g/mol. The Kier molecular flexibility index (Phi) is 6.10. The van der Waals surface area contributed by atoms with Gasteiger partial charge in [-0.1, -0.05) is 38.1 Å². The standard InChI is InChI=1S/C23H22F3NO4/c1-22(2)18-9-4-5-10-19(18)27(3)20(22)12-16(28)13-31-21(29)14-30-17-8-6-7-15(11-17)23(24,25)26/h4-12H,13-14H2,1-3H3. The number of esters is 1. The molecule has 0 atom stereocenters. The van der Waals surface area contributed by atoms with Crippen molar-refractivity contribution in [1.82, 2.24) is 0 Å². The Morgan fingerprint density at radius 1 is 1.06 bits per heavy atom. The van der Waals surface area contributed by atoms with E-state index in [4.69, 9.17) is 9.47 Å². The number of fused-ring (bicyclic) bond motifs is 1. The third-order valence-corrected chi connectivity index (χ3v) is 5.13. The van der Waals surface area contributed by atoms with Crippen LogP contribution in [-0.2, 0) is 25.9 Å². The van der Waals surface area contributed by atoms with Crippen molar-refractivity contribution >= 4 is 17.4 Å². The molecule has 1 aliphatic rings. The van der Waals surface area contributed by atoms with Crippen LogP contribution in [0, 0.1) is 0 Å². The highest BCUT2D eigenvalue weighted by molar-refractivity contribution is 5.94. The van der Waals surface area contributed by atoms with E-state index in [0.29, 0.717) is 0 Å². The predicted molar refractivity (Wildman–Crippen MR) is 109 cm³/mol. The topological polar surface area (TPSA) is 55.8 Å². The molecule has 3 rings (SSSR count). The van der Waals surface area contributed by atoms with Crippen LogP contribution in [0.5, 0.6) is 5.75 Å². The fourth-order valence-electron chi connectivity index (χ4n) is 3.55. The lowest BCUT2D eigenvalue weighted by Gasteiger charge is -2.23. The second-order valence-corrected chi connectivity index (χ2v) is 7.67. The first kappa shape index (κ1) is 22.4. The molecule has 0 amide bonds. The predicted octanol–water partition coefficient (Wildman–Crippen LogP) is 4.51. The van der Waals surface area contributed by atoms with Gasteiger partial charge in [0.05, 0.1) is 5.56 Å². The molecule has 0 saturated heterocycles. The maximum atomic E-state index is 12.7. The molecule has 0 N–H and O–H groups in total. The number of halogens is 3. The summed E-state index contributed by atoms with van der Waals surface area (Å²) >= 11 is 0. The SMILES string of the molecule is CN1C(=CC(=O)COC(=O)COc2cccc(C(F)(F)F)c2)C(C)(C)c2ccccc21. The van der Waals surface area contributed by atoms with Gasteiger partial charge in [-0.3, -0.25) is 4.79 Å². The maximum Gasteiger partial charge on any atom is 0.416 e. The minimum atomic E-state index is -4.51. The highest BCUT2D eigenvalue weighted by Gasteiger charge is 2.38. The Morgan fingerprint density at radius 3 is 2.45 bits per heavy atom. The Labute approximate surface area is 178 Å². The lowest BCUT2D eigenvalue weighted by molar-refractivity contribution is -0.149. The van der Waals surface area contributed by atoms with Crippen molar-refractivity contribution in [2.75, 3.05) is 25.2 Å². The summed E-state index contributed by atoms with van der Waals surface area (Å²) in [5.74, 6) is -1.38. The number of alkyl halides is 3. The van der Waals surface area contributed by atoms with Gasteiger partial charge >= 0.3 is 12.1 Å². The molecule has 0 unspecified atom stereocenters. The lowest BCUT2D eigenvalue weighted by atomic mass is 9.83. The third-order valence-electron chi connectivity index (χ3n) is 5.13. The smallest absolute Gasteiger partial charge is 0.416 e. The molecule has 164 valence electrons. The first-order chi connectivity index (χ1) is 14.5. The molecule has 0 saturated carbocycles. The monoisotopic (exact) mass is 433 g/mol. The second kappa shape index (κ2) is 8.45. The Morgan fingerprint density at radius 2 is 1.77 bits per heavy atom. The van der Waals surface area contributed by atoms with E-state index in [0.717, 1.165) is 29.1 Å². The van der Waals surface area contributed by atoms with Gasteiger partial charge in [0.1, 0.15) is 5.75 Å². The quantitative estimate of drug-likeness (QED) is 0.496. The number of hydrogen-bond donors (Lipinski definition) is 0. The van der Waals surface area contributed by atoms with E-state index in [-0.39, 0.29) is 5.75 Å². The van der Waals surface area contributed by atoms with Crippen molar-refractivity contribution in [3.63, 3.8) is 0 Å². The van der Waals surface area contributed by atoms with E-state index in [1.54, 1.807) is 0 Å². The number of allylic oxidation sites excluding steroid dienone is 1. The van der Waals surface area contributed by atoms with Crippen molar-refractivity contribution in [1.29, 1.82) is 0 Å². The zero-order chi connectivity index (χ0) is 22.8. The number of ketones is 1. The van der Waals surface area contributed by atoms with Crippen molar-refractivity contribution in [2.45, 2.75) is 25.4 Å². The molecule has 0 spiro atoms. The van der Waals surface area contributed by atoms with Gasteiger partial charge in [0, 0.05) is 29.9 Å². The number of hydrogen-bond acceptors (Lipinski definition) is 5. The number of benzene rings is 2. The van der Waals surface area contributed by atoms with Crippen molar-refractivity contribution < 1.29 is 32.2 Å². The summed E-state index contributed by atoms with van der Waals surface area (Å²) in [5, 5.41) is 0. The van der Waals surface area contributed by atoms with Crippen LogP contribution in [0.3, 0.4) is 0 Å². The highest BCUT2D eigenvalue weighted by Crippen LogP contribution is 2.46. The Hall–Kier alpha value is -3.29. The van der Waals surface area contributed by atoms with Crippen LogP contribution in [0.15, 0.2) is 60.3 Å². The molecular formula is C23H22F3NO4. The van der Waals surface area contributed by atoms with E-state index in [1.165, 1.54) is 18.2 Å². The van der Waals surface area contributed by atoms with Gasteiger partial charge in [-0.2, -0.15) is 13.2 Å². The van der Waals surface area contributed by atoms with Crippen LogP contribution >= 0.6 is 0 Å². The minimum Gasteiger partial charge on any atom is -0.482 e. The maximum absolute atomic E-state index is 12.7. The highest BCUT2D eigenvalue weighted by atomic mass is 19.4. The number of ether oxygens (including phenoxy) is 2.